The lowest BCUT2D eigenvalue weighted by molar-refractivity contribution is 0.0696. The van der Waals surface area contributed by atoms with Crippen LogP contribution in [0, 0.1) is 0 Å². The van der Waals surface area contributed by atoms with Gasteiger partial charge in [-0.2, -0.15) is 0 Å². The van der Waals surface area contributed by atoms with Gasteiger partial charge in [0.2, 0.25) is 5.62 Å². The van der Waals surface area contributed by atoms with E-state index in [1.165, 1.54) is 12.1 Å². The van der Waals surface area contributed by atoms with Gasteiger partial charge in [-0.3, -0.25) is 4.79 Å². The molecule has 8 heteroatoms. The molecule has 4 rings (SSSR count). The fraction of sp³-hybridized carbons (Fsp3) is 0.303. The van der Waals surface area contributed by atoms with Crippen molar-refractivity contribution in [1.82, 2.24) is 9.13 Å². The number of phenolic OH excluding ortho intramolecular Hbond substituents is 1. The van der Waals surface area contributed by atoms with Crippen LogP contribution in [0.25, 0.3) is 0 Å². The van der Waals surface area contributed by atoms with Gasteiger partial charge in [0.15, 0.2) is 5.78 Å². The highest BCUT2D eigenvalue weighted by Crippen LogP contribution is 2.39. The molecule has 0 fully saturated rings. The van der Waals surface area contributed by atoms with Gasteiger partial charge in [-0.1, -0.05) is 71.9 Å². The predicted octanol–water partition coefficient (Wildman–Crippen LogP) is 7.03. The number of benzene rings is 3. The van der Waals surface area contributed by atoms with E-state index in [4.69, 9.17) is 4.99 Å². The first kappa shape index (κ1) is 31.6. The highest BCUT2D eigenvalue weighted by molar-refractivity contribution is 8.93. The zero-order valence-corrected chi connectivity index (χ0v) is 26.1. The van der Waals surface area contributed by atoms with Crippen molar-refractivity contribution in [2.24, 2.45) is 4.99 Å². The van der Waals surface area contributed by atoms with E-state index in [1.54, 1.807) is 28.8 Å². The maximum atomic E-state index is 13.8. The first-order valence-electron chi connectivity index (χ1n) is 13.3. The molecule has 41 heavy (non-hydrogen) atoms. The average molecular weight is 621 g/mol. The minimum Gasteiger partial charge on any atom is -0.507 e. The minimum atomic E-state index is -1.00. The van der Waals surface area contributed by atoms with E-state index in [0.717, 1.165) is 16.7 Å². The summed E-state index contributed by atoms with van der Waals surface area (Å²) in [6, 6.07) is 19.9. The molecular weight excluding hydrogens is 582 g/mol. The lowest BCUT2D eigenvalue weighted by Crippen LogP contribution is -2.29. The summed E-state index contributed by atoms with van der Waals surface area (Å²) < 4.78 is 3.77. The number of hydrogen-bond donors (Lipinski definition) is 2. The second-order valence-electron chi connectivity index (χ2n) is 12.1. The average Bonchev–Trinajstić information content (AvgIpc) is 3.23. The summed E-state index contributed by atoms with van der Waals surface area (Å²) in [5.74, 6) is -0.868. The Morgan fingerprint density at radius 3 is 1.83 bits per heavy atom. The summed E-state index contributed by atoms with van der Waals surface area (Å²) in [7, 11) is 0. The second kappa shape index (κ2) is 12.3. The number of nitrogens with zero attached hydrogens (tertiary/aromatic N) is 3. The summed E-state index contributed by atoms with van der Waals surface area (Å²) >= 11 is 0. The highest BCUT2D eigenvalue weighted by Gasteiger charge is 2.28. The molecule has 0 aliphatic heterocycles. The lowest BCUT2D eigenvalue weighted by atomic mass is 9.78. The first-order valence-corrected chi connectivity index (χ1v) is 13.3. The van der Waals surface area contributed by atoms with Crippen LogP contribution in [0.4, 0.5) is 5.69 Å². The topological polar surface area (TPSA) is 96.8 Å². The van der Waals surface area contributed by atoms with Crippen LogP contribution in [-0.4, -0.2) is 31.1 Å². The van der Waals surface area contributed by atoms with E-state index in [-0.39, 0.29) is 51.5 Å². The number of carboxylic acid groups (broad SMARTS) is 1. The number of aromatic nitrogens is 2. The molecule has 2 N–H and O–H groups in total. The molecule has 0 atom stereocenters. The van der Waals surface area contributed by atoms with Gasteiger partial charge < -0.3 is 19.3 Å². The molecule has 0 unspecified atom stereocenters. The number of halogens is 1. The van der Waals surface area contributed by atoms with Crippen LogP contribution in [0.2, 0.25) is 0 Å². The molecule has 0 saturated carbocycles. The van der Waals surface area contributed by atoms with Gasteiger partial charge in [-0.25, -0.2) is 9.79 Å². The van der Waals surface area contributed by atoms with Gasteiger partial charge in [-0.05, 0) is 52.8 Å². The molecule has 216 valence electrons. The first-order chi connectivity index (χ1) is 18.7. The SMILES string of the molecule is Br.CC(C)(C)c1cc(C(=O)Cn2ccn(Cc3ccccc3)/c2=N\c2ccc(C(=O)O)cc2)cc(C(C)(C)C)c1O. The van der Waals surface area contributed by atoms with E-state index in [2.05, 4.69) is 0 Å². The van der Waals surface area contributed by atoms with Crippen LogP contribution in [0.1, 0.15) is 78.9 Å². The predicted molar refractivity (Wildman–Crippen MR) is 167 cm³/mol. The van der Waals surface area contributed by atoms with Crippen molar-refractivity contribution >= 4 is 34.4 Å². The van der Waals surface area contributed by atoms with Crippen molar-refractivity contribution < 1.29 is 19.8 Å². The Labute approximate surface area is 251 Å². The molecular formula is C33H38BrN3O4. The zero-order chi connectivity index (χ0) is 29.2. The molecule has 1 heterocycles. The number of Topliss-reactive ketones (excluding diaryl/α,β-unsaturated/α-hetero) is 1. The number of ketones is 1. The Bertz CT molecular complexity index is 1570. The number of carbonyl (C=O) groups excluding carboxylic acids is 1. The Morgan fingerprint density at radius 1 is 0.780 bits per heavy atom. The lowest BCUT2D eigenvalue weighted by Gasteiger charge is -2.28. The van der Waals surface area contributed by atoms with E-state index < -0.39 is 5.97 Å². The molecule has 3 aromatic carbocycles. The van der Waals surface area contributed by atoms with Crippen LogP contribution in [0.5, 0.6) is 5.75 Å². The number of carbonyl (C=O) groups is 2. The fourth-order valence-electron chi connectivity index (χ4n) is 4.59. The smallest absolute Gasteiger partial charge is 0.335 e. The maximum absolute atomic E-state index is 13.8. The molecule has 0 saturated heterocycles. The number of hydrogen-bond acceptors (Lipinski definition) is 4. The molecule has 7 nitrogen and oxygen atoms in total. The van der Waals surface area contributed by atoms with Crippen molar-refractivity contribution in [2.75, 3.05) is 0 Å². The quantitative estimate of drug-likeness (QED) is 0.217. The standard InChI is InChI=1S/C33H37N3O4.BrH/c1-32(2,3)26-18-24(19-27(29(26)38)33(4,5)6)28(37)21-36-17-16-35(20-22-10-8-7-9-11-22)31(36)34-25-14-12-23(13-15-25)30(39)40;/h7-19,38H,20-21H2,1-6H3,(H,39,40);1H/b34-31+;. The zero-order valence-electron chi connectivity index (χ0n) is 24.4. The number of carboxylic acids is 1. The number of aromatic hydroxyl groups is 1. The third kappa shape index (κ3) is 7.44. The summed E-state index contributed by atoms with van der Waals surface area (Å²) in [5, 5.41) is 20.3. The van der Waals surface area contributed by atoms with Crippen molar-refractivity contribution in [3.05, 3.63) is 113 Å². The molecule has 0 aliphatic carbocycles. The van der Waals surface area contributed by atoms with E-state index in [9.17, 15) is 19.8 Å². The monoisotopic (exact) mass is 619 g/mol. The maximum Gasteiger partial charge on any atom is 0.335 e. The Hall–Kier alpha value is -3.91. The number of phenols is 1. The summed E-state index contributed by atoms with van der Waals surface area (Å²) in [6.45, 7) is 12.7. The van der Waals surface area contributed by atoms with Crippen LogP contribution in [0.15, 0.2) is 84.1 Å². The van der Waals surface area contributed by atoms with Gasteiger partial charge in [-0.15, -0.1) is 17.0 Å². The van der Waals surface area contributed by atoms with Gasteiger partial charge in [0.1, 0.15) is 5.75 Å². The number of aromatic carboxylic acids is 1. The highest BCUT2D eigenvalue weighted by atomic mass is 79.9. The minimum absolute atomic E-state index is 0. The van der Waals surface area contributed by atoms with Crippen molar-refractivity contribution in [1.29, 1.82) is 0 Å². The Kier molecular flexibility index (Phi) is 9.49. The molecule has 1 aromatic heterocycles. The number of imidazole rings is 1. The molecule has 0 radical (unpaired) electrons. The van der Waals surface area contributed by atoms with Crippen LogP contribution in [0.3, 0.4) is 0 Å². The van der Waals surface area contributed by atoms with Crippen LogP contribution in [-0.2, 0) is 23.9 Å². The van der Waals surface area contributed by atoms with Crippen LogP contribution < -0.4 is 5.62 Å². The normalized spacial score (nSPS) is 12.2. The van der Waals surface area contributed by atoms with Gasteiger partial charge >= 0.3 is 5.97 Å². The van der Waals surface area contributed by atoms with E-state index in [0.29, 0.717) is 23.4 Å². The van der Waals surface area contributed by atoms with E-state index in [1.807, 2.05) is 88.8 Å². The summed E-state index contributed by atoms with van der Waals surface area (Å²) in [5.41, 5.74) is 3.70. The van der Waals surface area contributed by atoms with E-state index >= 15 is 0 Å². The fourth-order valence-corrected chi connectivity index (χ4v) is 4.59. The van der Waals surface area contributed by atoms with Gasteiger partial charge in [0.25, 0.3) is 0 Å². The Balaban J connectivity index is 0.00000462. The summed E-state index contributed by atoms with van der Waals surface area (Å²) in [6.07, 6.45) is 3.73. The molecule has 4 aromatic rings. The Morgan fingerprint density at radius 2 is 1.32 bits per heavy atom. The van der Waals surface area contributed by atoms with Crippen molar-refractivity contribution in [2.45, 2.75) is 65.5 Å². The van der Waals surface area contributed by atoms with Gasteiger partial charge in [0, 0.05) is 29.1 Å². The van der Waals surface area contributed by atoms with Crippen LogP contribution >= 0.6 is 17.0 Å². The number of rotatable bonds is 7. The third-order valence-corrected chi connectivity index (χ3v) is 6.84. The van der Waals surface area contributed by atoms with Crippen molar-refractivity contribution in [3.8, 4) is 5.75 Å². The molecule has 0 amide bonds. The van der Waals surface area contributed by atoms with Gasteiger partial charge in [0.05, 0.1) is 24.3 Å². The molecule has 0 spiro atoms. The largest absolute Gasteiger partial charge is 0.507 e. The molecule has 0 aliphatic rings. The second-order valence-corrected chi connectivity index (χ2v) is 12.1. The molecule has 0 bridgehead atoms. The van der Waals surface area contributed by atoms with Crippen molar-refractivity contribution in [3.63, 3.8) is 0 Å². The summed E-state index contributed by atoms with van der Waals surface area (Å²) in [4.78, 5) is 29.9. The third-order valence-electron chi connectivity index (χ3n) is 6.84.